The lowest BCUT2D eigenvalue weighted by atomic mass is 9.94. The van der Waals surface area contributed by atoms with Crippen molar-refractivity contribution in [2.75, 3.05) is 9.62 Å². The predicted octanol–water partition coefficient (Wildman–Crippen LogP) is 3.54. The van der Waals surface area contributed by atoms with Gasteiger partial charge in [0.1, 0.15) is 0 Å². The Morgan fingerprint density at radius 3 is 2.06 bits per heavy atom. The third-order valence-electron chi connectivity index (χ3n) is 5.20. The average Bonchev–Trinajstić information content (AvgIpc) is 2.77. The number of rotatable bonds is 4. The third kappa shape index (κ3) is 3.19. The predicted molar refractivity (Wildman–Crippen MR) is 119 cm³/mol. The second kappa shape index (κ2) is 7.24. The van der Waals surface area contributed by atoms with Crippen LogP contribution in [0, 0.1) is 6.92 Å². The van der Waals surface area contributed by atoms with Crippen LogP contribution in [0.5, 0.6) is 0 Å². The van der Waals surface area contributed by atoms with Crippen LogP contribution in [-0.4, -0.2) is 30.2 Å². The zero-order valence-electron chi connectivity index (χ0n) is 16.8. The summed E-state index contributed by atoms with van der Waals surface area (Å²) in [5, 5.41) is 1.44. The zero-order chi connectivity index (χ0) is 22.5. The van der Waals surface area contributed by atoms with E-state index in [1.54, 1.807) is 37.3 Å². The van der Waals surface area contributed by atoms with Crippen molar-refractivity contribution in [3.63, 3.8) is 0 Å². The van der Waals surface area contributed by atoms with Crippen LogP contribution in [0.25, 0.3) is 10.8 Å². The molecule has 0 spiro atoms. The molecule has 1 aliphatic heterocycles. The van der Waals surface area contributed by atoms with Gasteiger partial charge in [0.25, 0.3) is 21.8 Å². The maximum absolute atomic E-state index is 13.1. The SMILES string of the molecule is Cc1ccnc(NS(=O)(=O)c2ccc(N3C(=O)c4cccc5cccc(c45)C3=O)cc2)n1. The highest BCUT2D eigenvalue weighted by Crippen LogP contribution is 2.33. The van der Waals surface area contributed by atoms with Gasteiger partial charge in [-0.15, -0.1) is 0 Å². The Balaban J connectivity index is 1.49. The number of aryl methyl sites for hydroxylation is 1. The maximum atomic E-state index is 13.1. The van der Waals surface area contributed by atoms with Crippen LogP contribution in [0.3, 0.4) is 0 Å². The van der Waals surface area contributed by atoms with Crippen LogP contribution in [0.4, 0.5) is 11.6 Å². The standard InChI is InChI=1S/C23H16N4O4S/c1-14-12-13-24-23(25-14)26-32(30,31)17-10-8-16(9-11-17)27-21(28)18-6-2-4-15-5-3-7-19(20(15)18)22(27)29/h2-13H,1H3,(H,24,25,26). The van der Waals surface area contributed by atoms with Gasteiger partial charge in [0.2, 0.25) is 5.95 Å². The lowest BCUT2D eigenvalue weighted by Gasteiger charge is -2.27. The molecule has 3 aromatic carbocycles. The molecule has 8 nitrogen and oxygen atoms in total. The van der Waals surface area contributed by atoms with Gasteiger partial charge in [0.15, 0.2) is 0 Å². The van der Waals surface area contributed by atoms with Crippen molar-refractivity contribution < 1.29 is 18.0 Å². The van der Waals surface area contributed by atoms with Gasteiger partial charge in [-0.2, -0.15) is 0 Å². The summed E-state index contributed by atoms with van der Waals surface area (Å²) in [6.45, 7) is 1.72. The number of nitrogens with zero attached hydrogens (tertiary/aromatic N) is 3. The number of aromatic nitrogens is 2. The van der Waals surface area contributed by atoms with E-state index in [1.165, 1.54) is 30.5 Å². The Hall–Kier alpha value is -4.11. The first-order valence-electron chi connectivity index (χ1n) is 9.68. The monoisotopic (exact) mass is 444 g/mol. The fourth-order valence-corrected chi connectivity index (χ4v) is 4.67. The van der Waals surface area contributed by atoms with Gasteiger partial charge in [-0.1, -0.05) is 24.3 Å². The van der Waals surface area contributed by atoms with Crippen LogP contribution in [0.2, 0.25) is 0 Å². The molecular weight excluding hydrogens is 428 g/mol. The topological polar surface area (TPSA) is 109 Å². The van der Waals surface area contributed by atoms with Crippen LogP contribution in [-0.2, 0) is 10.0 Å². The van der Waals surface area contributed by atoms with E-state index < -0.39 is 21.8 Å². The van der Waals surface area contributed by atoms with Crippen molar-refractivity contribution >= 4 is 44.2 Å². The van der Waals surface area contributed by atoms with Crippen molar-refractivity contribution in [2.45, 2.75) is 11.8 Å². The molecule has 2 amide bonds. The van der Waals surface area contributed by atoms with Gasteiger partial charge in [-0.25, -0.2) is 28.0 Å². The number of benzene rings is 3. The van der Waals surface area contributed by atoms with Crippen molar-refractivity contribution in [1.29, 1.82) is 0 Å². The van der Waals surface area contributed by atoms with Gasteiger partial charge < -0.3 is 0 Å². The van der Waals surface area contributed by atoms with Crippen molar-refractivity contribution in [2.24, 2.45) is 0 Å². The molecule has 0 bridgehead atoms. The third-order valence-corrected chi connectivity index (χ3v) is 6.54. The molecule has 1 aliphatic rings. The van der Waals surface area contributed by atoms with Crippen molar-refractivity contribution in [3.05, 3.63) is 89.7 Å². The molecule has 158 valence electrons. The largest absolute Gasteiger partial charge is 0.268 e. The number of imide groups is 1. The number of anilines is 2. The smallest absolute Gasteiger partial charge is 0.265 e. The zero-order valence-corrected chi connectivity index (χ0v) is 17.6. The van der Waals surface area contributed by atoms with Gasteiger partial charge in [-0.3, -0.25) is 9.59 Å². The summed E-state index contributed by atoms with van der Waals surface area (Å²) in [7, 11) is -3.95. The van der Waals surface area contributed by atoms with E-state index in [0.29, 0.717) is 22.2 Å². The van der Waals surface area contributed by atoms with Crippen LogP contribution < -0.4 is 9.62 Å². The van der Waals surface area contributed by atoms with E-state index in [9.17, 15) is 18.0 Å². The fraction of sp³-hybridized carbons (Fsp3) is 0.0435. The lowest BCUT2D eigenvalue weighted by molar-refractivity contribution is 0.0893. The Morgan fingerprint density at radius 1 is 0.844 bits per heavy atom. The van der Waals surface area contributed by atoms with Gasteiger partial charge in [-0.05, 0) is 54.8 Å². The molecule has 0 fully saturated rings. The number of hydrogen-bond donors (Lipinski definition) is 1. The van der Waals surface area contributed by atoms with Crippen LogP contribution in [0.15, 0.2) is 77.8 Å². The van der Waals surface area contributed by atoms with E-state index in [-0.39, 0.29) is 16.5 Å². The normalized spacial score (nSPS) is 13.5. The molecule has 1 N–H and O–H groups in total. The molecule has 32 heavy (non-hydrogen) atoms. The number of amides is 2. The summed E-state index contributed by atoms with van der Waals surface area (Å²) < 4.78 is 27.7. The maximum Gasteiger partial charge on any atom is 0.265 e. The average molecular weight is 444 g/mol. The number of carbonyl (C=O) groups excluding carboxylic acids is 2. The number of carbonyl (C=O) groups is 2. The number of hydrogen-bond acceptors (Lipinski definition) is 6. The molecule has 0 atom stereocenters. The number of nitrogens with one attached hydrogen (secondary N) is 1. The molecule has 2 heterocycles. The van der Waals surface area contributed by atoms with Crippen molar-refractivity contribution in [1.82, 2.24) is 9.97 Å². The summed E-state index contributed by atoms with van der Waals surface area (Å²) in [6.07, 6.45) is 1.45. The molecule has 5 rings (SSSR count). The van der Waals surface area contributed by atoms with Crippen molar-refractivity contribution in [3.8, 4) is 0 Å². The quantitative estimate of drug-likeness (QED) is 0.482. The van der Waals surface area contributed by atoms with E-state index in [2.05, 4.69) is 14.7 Å². The first kappa shape index (κ1) is 19.8. The highest BCUT2D eigenvalue weighted by molar-refractivity contribution is 7.92. The summed E-state index contributed by atoms with van der Waals surface area (Å²) in [5.41, 5.74) is 1.74. The van der Waals surface area contributed by atoms with Crippen LogP contribution in [0.1, 0.15) is 26.4 Å². The van der Waals surface area contributed by atoms with E-state index >= 15 is 0 Å². The van der Waals surface area contributed by atoms with Gasteiger partial charge in [0, 0.05) is 28.4 Å². The van der Waals surface area contributed by atoms with Gasteiger partial charge in [0.05, 0.1) is 10.6 Å². The molecule has 9 heteroatoms. The minimum Gasteiger partial charge on any atom is -0.268 e. The summed E-state index contributed by atoms with van der Waals surface area (Å²) in [4.78, 5) is 35.2. The second-order valence-electron chi connectivity index (χ2n) is 7.28. The number of sulfonamides is 1. The molecule has 0 aliphatic carbocycles. The highest BCUT2D eigenvalue weighted by atomic mass is 32.2. The minimum atomic E-state index is -3.95. The Bertz CT molecular complexity index is 1460. The molecule has 0 saturated heterocycles. The first-order chi connectivity index (χ1) is 15.3. The summed E-state index contributed by atoms with van der Waals surface area (Å²) >= 11 is 0. The van der Waals surface area contributed by atoms with Crippen LogP contribution >= 0.6 is 0 Å². The Labute approximate surface area is 183 Å². The van der Waals surface area contributed by atoms with E-state index in [4.69, 9.17) is 0 Å². The molecule has 1 aromatic heterocycles. The minimum absolute atomic E-state index is 0.0415. The van der Waals surface area contributed by atoms with E-state index in [0.717, 1.165) is 10.3 Å². The summed E-state index contributed by atoms with van der Waals surface area (Å²) in [6, 6.07) is 17.7. The lowest BCUT2D eigenvalue weighted by Crippen LogP contribution is -2.40. The van der Waals surface area contributed by atoms with E-state index in [1.807, 2.05) is 12.1 Å². The molecule has 0 radical (unpaired) electrons. The molecule has 4 aromatic rings. The highest BCUT2D eigenvalue weighted by Gasteiger charge is 2.34. The Morgan fingerprint density at radius 2 is 1.47 bits per heavy atom. The molecular formula is C23H16N4O4S. The van der Waals surface area contributed by atoms with Gasteiger partial charge >= 0.3 is 0 Å². The second-order valence-corrected chi connectivity index (χ2v) is 8.96. The Kier molecular flexibility index (Phi) is 4.49. The summed E-state index contributed by atoms with van der Waals surface area (Å²) in [5.74, 6) is -0.956. The first-order valence-corrected chi connectivity index (χ1v) is 11.2. The molecule has 0 unspecified atom stereocenters. The molecule has 0 saturated carbocycles. The fourth-order valence-electron chi connectivity index (χ4n) is 3.72.